The molecule has 3 N–H and O–H groups in total. The monoisotopic (exact) mass is 494 g/mol. The molecule has 1 atom stereocenters. The molecule has 0 radical (unpaired) electrons. The molecule has 0 spiro atoms. The number of aliphatic hydroxyl groups is 1. The molecule has 9 heteroatoms. The third kappa shape index (κ3) is 8.87. The number of nitrogens with one attached hydrogen (secondary N) is 2. The molecule has 0 saturated carbocycles. The van der Waals surface area contributed by atoms with E-state index in [0.717, 1.165) is 11.5 Å². The van der Waals surface area contributed by atoms with Crippen molar-refractivity contribution >= 4 is 17.8 Å². The second-order valence-corrected chi connectivity index (χ2v) is 7.66. The van der Waals surface area contributed by atoms with E-state index in [-0.39, 0.29) is 17.8 Å². The number of hydrazone groups is 1. The van der Waals surface area contributed by atoms with E-state index >= 15 is 0 Å². The SMILES string of the molecule is C#C.C/C=C\OCC1NN=C2C(C(=O)NCCc3nc(/C=C\C(O)=C/C)cn3C)=CC=CN21.CCC. The predicted molar refractivity (Wildman–Crippen MR) is 145 cm³/mol. The second kappa shape index (κ2) is 16.4. The summed E-state index contributed by atoms with van der Waals surface area (Å²) >= 11 is 0. The van der Waals surface area contributed by atoms with Gasteiger partial charge < -0.3 is 24.6 Å². The number of nitrogens with zero attached hydrogens (tertiary/aromatic N) is 4. The third-order valence-electron chi connectivity index (χ3n) is 4.73. The highest BCUT2D eigenvalue weighted by atomic mass is 16.5. The molecule has 3 heterocycles. The average molecular weight is 495 g/mol. The van der Waals surface area contributed by atoms with E-state index in [4.69, 9.17) is 4.74 Å². The number of carbonyl (C=O) groups excluding carboxylic acids is 1. The summed E-state index contributed by atoms with van der Waals surface area (Å²) in [5.74, 6) is 1.39. The molecule has 194 valence electrons. The lowest BCUT2D eigenvalue weighted by atomic mass is 10.1. The first kappa shape index (κ1) is 29.8. The lowest BCUT2D eigenvalue weighted by molar-refractivity contribution is -0.117. The number of carbonyl (C=O) groups is 1. The first-order chi connectivity index (χ1) is 17.4. The molecule has 0 aromatic carbocycles. The predicted octanol–water partition coefficient (Wildman–Crippen LogP) is 3.77. The lowest BCUT2D eigenvalue weighted by Crippen LogP contribution is -2.43. The number of aliphatic hydroxyl groups excluding tert-OH is 1. The van der Waals surface area contributed by atoms with Crippen LogP contribution in [0.4, 0.5) is 0 Å². The van der Waals surface area contributed by atoms with Gasteiger partial charge in [-0.15, -0.1) is 12.8 Å². The van der Waals surface area contributed by atoms with Crippen molar-refractivity contribution < 1.29 is 14.6 Å². The number of hydrogen-bond acceptors (Lipinski definition) is 7. The number of allylic oxidation sites excluding steroid dienone is 5. The van der Waals surface area contributed by atoms with Crippen molar-refractivity contribution in [2.75, 3.05) is 13.2 Å². The molecule has 9 nitrogen and oxygen atoms in total. The Hall–Kier alpha value is -4.19. The van der Waals surface area contributed by atoms with E-state index in [0.29, 0.717) is 31.0 Å². The van der Waals surface area contributed by atoms with E-state index in [2.05, 4.69) is 47.5 Å². The molecule has 0 aliphatic carbocycles. The third-order valence-corrected chi connectivity index (χ3v) is 4.73. The molecule has 0 bridgehead atoms. The van der Waals surface area contributed by atoms with E-state index in [1.807, 2.05) is 48.0 Å². The van der Waals surface area contributed by atoms with Gasteiger partial charge in [0, 0.05) is 32.4 Å². The van der Waals surface area contributed by atoms with Crippen LogP contribution in [-0.4, -0.2) is 50.6 Å². The van der Waals surface area contributed by atoms with Gasteiger partial charge >= 0.3 is 0 Å². The average Bonchev–Trinajstić information content (AvgIpc) is 3.47. The Kier molecular flexibility index (Phi) is 13.6. The van der Waals surface area contributed by atoms with Gasteiger partial charge in [0.1, 0.15) is 18.2 Å². The Morgan fingerprint density at radius 2 is 2.06 bits per heavy atom. The summed E-state index contributed by atoms with van der Waals surface area (Å²) in [4.78, 5) is 19.1. The van der Waals surface area contributed by atoms with Crippen LogP contribution < -0.4 is 10.7 Å². The van der Waals surface area contributed by atoms with E-state index < -0.39 is 0 Å². The number of amides is 1. The smallest absolute Gasteiger partial charge is 0.255 e. The summed E-state index contributed by atoms with van der Waals surface area (Å²) < 4.78 is 7.34. The molecule has 36 heavy (non-hydrogen) atoms. The summed E-state index contributed by atoms with van der Waals surface area (Å²) in [5.41, 5.74) is 4.24. The quantitative estimate of drug-likeness (QED) is 0.274. The molecule has 1 amide bonds. The fourth-order valence-electron chi connectivity index (χ4n) is 3.11. The standard InChI is InChI=1S/C22H28N6O3.C3H8.C2H2/c1-4-13-31-15-20-25-26-21-18(7-6-12-28(20)21)22(30)23-11-10-19-24-16(14-27(19)3)8-9-17(29)5-2;1-3-2;1-2/h4-9,12-14,20,25,29H,10-11,15H2,1-3H3,(H,23,30);3H2,1-2H3;1-2H/b9-8-,13-4-,17-5+;;. The maximum absolute atomic E-state index is 12.7. The zero-order valence-electron chi connectivity index (χ0n) is 21.8. The molecule has 2 aliphatic heterocycles. The number of terminal acetylenes is 1. The van der Waals surface area contributed by atoms with Crippen molar-refractivity contribution in [1.82, 2.24) is 25.2 Å². The number of aryl methyl sites for hydroxylation is 1. The van der Waals surface area contributed by atoms with Crippen LogP contribution >= 0.6 is 0 Å². The second-order valence-electron chi connectivity index (χ2n) is 7.66. The summed E-state index contributed by atoms with van der Waals surface area (Å²) in [5, 5.41) is 16.8. The van der Waals surface area contributed by atoms with Crippen LogP contribution in [0.1, 0.15) is 45.6 Å². The Bertz CT molecular complexity index is 1040. The number of aromatic nitrogens is 2. The first-order valence-electron chi connectivity index (χ1n) is 11.8. The van der Waals surface area contributed by atoms with Crippen LogP contribution in [0.5, 0.6) is 0 Å². The molecular formula is C27H38N6O3. The molecule has 2 aliphatic rings. The van der Waals surface area contributed by atoms with Crippen molar-refractivity contribution in [2.24, 2.45) is 12.1 Å². The topological polar surface area (TPSA) is 104 Å². The van der Waals surface area contributed by atoms with E-state index in [9.17, 15) is 9.90 Å². The fraction of sp³-hybridized carbons (Fsp3) is 0.370. The van der Waals surface area contributed by atoms with Gasteiger partial charge in [-0.3, -0.25) is 10.2 Å². The van der Waals surface area contributed by atoms with Gasteiger partial charge in [-0.25, -0.2) is 4.98 Å². The summed E-state index contributed by atoms with van der Waals surface area (Å²) in [7, 11) is 1.90. The molecule has 3 rings (SSSR count). The van der Waals surface area contributed by atoms with Crippen LogP contribution in [0.25, 0.3) is 6.08 Å². The van der Waals surface area contributed by atoms with Crippen LogP contribution in [0.3, 0.4) is 0 Å². The van der Waals surface area contributed by atoms with Crippen molar-refractivity contribution in [3.05, 3.63) is 71.9 Å². The molecule has 1 aromatic rings. The minimum absolute atomic E-state index is 0.167. The number of hydrogen-bond donors (Lipinski definition) is 3. The Balaban J connectivity index is 0.00000120. The number of amidine groups is 1. The highest BCUT2D eigenvalue weighted by Gasteiger charge is 2.32. The molecular weight excluding hydrogens is 456 g/mol. The minimum atomic E-state index is -0.197. The highest BCUT2D eigenvalue weighted by Crippen LogP contribution is 2.18. The highest BCUT2D eigenvalue weighted by molar-refractivity contribution is 6.22. The maximum Gasteiger partial charge on any atom is 0.255 e. The van der Waals surface area contributed by atoms with Crippen molar-refractivity contribution in [2.45, 2.75) is 46.7 Å². The largest absolute Gasteiger partial charge is 0.508 e. The van der Waals surface area contributed by atoms with E-state index in [1.54, 1.807) is 37.5 Å². The van der Waals surface area contributed by atoms with Crippen molar-refractivity contribution in [3.63, 3.8) is 0 Å². The Morgan fingerprint density at radius 3 is 2.72 bits per heavy atom. The number of ether oxygens (including phenoxy) is 1. The fourth-order valence-corrected chi connectivity index (χ4v) is 3.11. The molecule has 1 aromatic heterocycles. The summed E-state index contributed by atoms with van der Waals surface area (Å²) in [6.45, 7) is 8.72. The van der Waals surface area contributed by atoms with Gasteiger partial charge in [-0.2, -0.15) is 5.10 Å². The number of imidazole rings is 1. The van der Waals surface area contributed by atoms with Crippen LogP contribution in [0.15, 0.2) is 65.5 Å². The Morgan fingerprint density at radius 1 is 1.33 bits per heavy atom. The van der Waals surface area contributed by atoms with Crippen molar-refractivity contribution in [1.29, 1.82) is 0 Å². The molecule has 1 unspecified atom stereocenters. The molecule has 0 saturated heterocycles. The number of fused-ring (bicyclic) bond motifs is 1. The van der Waals surface area contributed by atoms with Gasteiger partial charge in [-0.1, -0.05) is 26.3 Å². The maximum atomic E-state index is 12.7. The Labute approximate surface area is 214 Å². The number of rotatable bonds is 9. The van der Waals surface area contributed by atoms with Crippen LogP contribution in [0.2, 0.25) is 0 Å². The first-order valence-corrected chi connectivity index (χ1v) is 11.8. The van der Waals surface area contributed by atoms with Crippen LogP contribution in [0, 0.1) is 12.8 Å². The van der Waals surface area contributed by atoms with Crippen molar-refractivity contribution in [3.8, 4) is 12.8 Å². The minimum Gasteiger partial charge on any atom is -0.508 e. The van der Waals surface area contributed by atoms with Gasteiger partial charge in [0.15, 0.2) is 12.0 Å². The zero-order valence-corrected chi connectivity index (χ0v) is 21.8. The van der Waals surface area contributed by atoms with Gasteiger partial charge in [0.25, 0.3) is 5.91 Å². The van der Waals surface area contributed by atoms with Gasteiger partial charge in [-0.05, 0) is 44.2 Å². The zero-order chi connectivity index (χ0) is 26.9. The normalized spacial score (nSPS) is 16.2. The van der Waals surface area contributed by atoms with Gasteiger partial charge in [0.2, 0.25) is 0 Å². The van der Waals surface area contributed by atoms with Gasteiger partial charge in [0.05, 0.1) is 17.5 Å². The molecule has 0 fully saturated rings. The lowest BCUT2D eigenvalue weighted by Gasteiger charge is -2.25. The van der Waals surface area contributed by atoms with Crippen LogP contribution in [-0.2, 0) is 23.0 Å². The van der Waals surface area contributed by atoms with E-state index in [1.165, 1.54) is 6.42 Å². The summed E-state index contributed by atoms with van der Waals surface area (Å²) in [6.07, 6.45) is 25.3. The summed E-state index contributed by atoms with van der Waals surface area (Å²) in [6, 6.07) is 0.